The van der Waals surface area contributed by atoms with Gasteiger partial charge in [0.15, 0.2) is 0 Å². The van der Waals surface area contributed by atoms with Crippen LogP contribution in [0, 0.1) is 0 Å². The average Bonchev–Trinajstić information content (AvgIpc) is 3.20. The van der Waals surface area contributed by atoms with Crippen molar-refractivity contribution in [2.75, 3.05) is 13.2 Å². The Labute approximate surface area is 162 Å². The molecular formula is C22H20N4O2. The molecule has 6 nitrogen and oxygen atoms in total. The summed E-state index contributed by atoms with van der Waals surface area (Å²) in [5.41, 5.74) is 4.00. The Bertz CT molecular complexity index is 1090. The first-order chi connectivity index (χ1) is 13.9. The molecule has 0 amide bonds. The van der Waals surface area contributed by atoms with Crippen LogP contribution in [0.25, 0.3) is 16.7 Å². The Morgan fingerprint density at radius 3 is 2.54 bits per heavy atom. The van der Waals surface area contributed by atoms with Crippen LogP contribution in [0.2, 0.25) is 0 Å². The Morgan fingerprint density at radius 1 is 0.893 bits per heavy atom. The van der Waals surface area contributed by atoms with E-state index in [1.165, 1.54) is 0 Å². The van der Waals surface area contributed by atoms with E-state index in [1.807, 2.05) is 48.8 Å². The van der Waals surface area contributed by atoms with Gasteiger partial charge in [0, 0.05) is 37.2 Å². The molecule has 0 unspecified atom stereocenters. The van der Waals surface area contributed by atoms with E-state index in [0.29, 0.717) is 11.8 Å². The van der Waals surface area contributed by atoms with Crippen LogP contribution in [0.1, 0.15) is 24.5 Å². The smallest absolute Gasteiger partial charge is 0.241 e. The van der Waals surface area contributed by atoms with Gasteiger partial charge in [-0.2, -0.15) is 0 Å². The maximum Gasteiger partial charge on any atom is 0.241 e. The molecule has 6 heteroatoms. The lowest BCUT2D eigenvalue weighted by Crippen LogP contribution is -2.16. The monoisotopic (exact) mass is 372 g/mol. The van der Waals surface area contributed by atoms with Gasteiger partial charge in [-0.25, -0.2) is 9.97 Å². The van der Waals surface area contributed by atoms with Gasteiger partial charge in [0.2, 0.25) is 5.88 Å². The van der Waals surface area contributed by atoms with Crippen molar-refractivity contribution in [3.05, 3.63) is 72.9 Å². The lowest BCUT2D eigenvalue weighted by molar-refractivity contribution is 0.0839. The van der Waals surface area contributed by atoms with Crippen molar-refractivity contribution in [1.82, 2.24) is 19.5 Å². The van der Waals surface area contributed by atoms with Crippen LogP contribution in [0.4, 0.5) is 0 Å². The molecule has 3 heterocycles. The van der Waals surface area contributed by atoms with Gasteiger partial charge in [-0.3, -0.25) is 9.55 Å². The number of nitrogens with zero attached hydrogens (tertiary/aromatic N) is 4. The summed E-state index contributed by atoms with van der Waals surface area (Å²) in [6, 6.07) is 16.0. The molecule has 0 N–H and O–H groups in total. The van der Waals surface area contributed by atoms with Gasteiger partial charge in [0.25, 0.3) is 0 Å². The first kappa shape index (κ1) is 16.9. The Balaban J connectivity index is 1.40. The van der Waals surface area contributed by atoms with Gasteiger partial charge in [0.1, 0.15) is 17.8 Å². The summed E-state index contributed by atoms with van der Waals surface area (Å²) in [7, 11) is 0. The van der Waals surface area contributed by atoms with Crippen LogP contribution >= 0.6 is 0 Å². The molecular weight excluding hydrogens is 352 g/mol. The maximum atomic E-state index is 6.08. The predicted molar refractivity (Wildman–Crippen MR) is 106 cm³/mol. The summed E-state index contributed by atoms with van der Waals surface area (Å²) >= 11 is 0. The minimum Gasteiger partial charge on any atom is -0.437 e. The highest BCUT2D eigenvalue weighted by Gasteiger charge is 2.22. The van der Waals surface area contributed by atoms with E-state index in [4.69, 9.17) is 9.47 Å². The van der Waals surface area contributed by atoms with Crippen LogP contribution < -0.4 is 4.74 Å². The van der Waals surface area contributed by atoms with Crippen LogP contribution in [-0.4, -0.2) is 32.7 Å². The predicted octanol–water partition coefficient (Wildman–Crippen LogP) is 4.50. The molecule has 1 aliphatic heterocycles. The van der Waals surface area contributed by atoms with Crippen LogP contribution in [0.15, 0.2) is 67.3 Å². The van der Waals surface area contributed by atoms with E-state index >= 15 is 0 Å². The molecule has 1 saturated heterocycles. The Morgan fingerprint density at radius 2 is 1.68 bits per heavy atom. The zero-order valence-corrected chi connectivity index (χ0v) is 15.4. The number of imidazole rings is 1. The van der Waals surface area contributed by atoms with Gasteiger partial charge >= 0.3 is 0 Å². The SMILES string of the molecule is c1ccc2c(c1)ncn2-c1ccc(Oc2nccnc2C2CCOCC2)cc1. The first-order valence-electron chi connectivity index (χ1n) is 9.47. The van der Waals surface area contributed by atoms with Crippen molar-refractivity contribution in [1.29, 1.82) is 0 Å². The molecule has 1 fully saturated rings. The third-order valence-electron chi connectivity index (χ3n) is 5.08. The molecule has 28 heavy (non-hydrogen) atoms. The maximum absolute atomic E-state index is 6.08. The number of benzene rings is 2. The third-order valence-corrected chi connectivity index (χ3v) is 5.08. The highest BCUT2D eigenvalue weighted by molar-refractivity contribution is 5.77. The lowest BCUT2D eigenvalue weighted by Gasteiger charge is -2.22. The van der Waals surface area contributed by atoms with Crippen LogP contribution in [0.5, 0.6) is 11.6 Å². The molecule has 0 aliphatic carbocycles. The molecule has 0 spiro atoms. The second-order valence-corrected chi connectivity index (χ2v) is 6.83. The van der Waals surface area contributed by atoms with E-state index in [-0.39, 0.29) is 0 Å². The number of ether oxygens (including phenoxy) is 2. The number of hydrogen-bond donors (Lipinski definition) is 0. The quantitative estimate of drug-likeness (QED) is 0.528. The number of aromatic nitrogens is 4. The second-order valence-electron chi connectivity index (χ2n) is 6.83. The molecule has 4 aromatic rings. The van der Waals surface area contributed by atoms with Crippen molar-refractivity contribution >= 4 is 11.0 Å². The van der Waals surface area contributed by atoms with Gasteiger partial charge in [-0.05, 0) is 49.2 Å². The fourth-order valence-corrected chi connectivity index (χ4v) is 3.62. The van der Waals surface area contributed by atoms with Crippen molar-refractivity contribution in [3.63, 3.8) is 0 Å². The summed E-state index contributed by atoms with van der Waals surface area (Å²) < 4.78 is 13.6. The molecule has 0 saturated carbocycles. The number of rotatable bonds is 4. The van der Waals surface area contributed by atoms with E-state index in [1.54, 1.807) is 12.4 Å². The van der Waals surface area contributed by atoms with Gasteiger partial charge in [0.05, 0.1) is 11.0 Å². The third kappa shape index (κ3) is 3.23. The van der Waals surface area contributed by atoms with Crippen LogP contribution in [-0.2, 0) is 4.74 Å². The fourth-order valence-electron chi connectivity index (χ4n) is 3.62. The zero-order valence-electron chi connectivity index (χ0n) is 15.4. The molecule has 5 rings (SSSR count). The van der Waals surface area contributed by atoms with Crippen molar-refractivity contribution in [3.8, 4) is 17.3 Å². The summed E-state index contributed by atoms with van der Waals surface area (Å²) in [5, 5.41) is 0. The highest BCUT2D eigenvalue weighted by atomic mass is 16.5. The highest BCUT2D eigenvalue weighted by Crippen LogP contribution is 2.33. The molecule has 2 aromatic carbocycles. The molecule has 0 radical (unpaired) electrons. The minimum atomic E-state index is 0.328. The van der Waals surface area contributed by atoms with Crippen molar-refractivity contribution in [2.45, 2.75) is 18.8 Å². The molecule has 0 atom stereocenters. The van der Waals surface area contributed by atoms with E-state index in [9.17, 15) is 0 Å². The Kier molecular flexibility index (Phi) is 4.47. The topological polar surface area (TPSA) is 62.1 Å². The van der Waals surface area contributed by atoms with Gasteiger partial charge in [-0.1, -0.05) is 12.1 Å². The molecule has 2 aromatic heterocycles. The van der Waals surface area contributed by atoms with Gasteiger partial charge < -0.3 is 9.47 Å². The van der Waals surface area contributed by atoms with Crippen molar-refractivity contribution in [2.24, 2.45) is 0 Å². The van der Waals surface area contributed by atoms with Crippen molar-refractivity contribution < 1.29 is 9.47 Å². The first-order valence-corrected chi connectivity index (χ1v) is 9.47. The number of fused-ring (bicyclic) bond motifs is 1. The molecule has 1 aliphatic rings. The molecule has 0 bridgehead atoms. The van der Waals surface area contributed by atoms with Crippen LogP contribution in [0.3, 0.4) is 0 Å². The van der Waals surface area contributed by atoms with E-state index < -0.39 is 0 Å². The molecule has 140 valence electrons. The largest absolute Gasteiger partial charge is 0.437 e. The average molecular weight is 372 g/mol. The summed E-state index contributed by atoms with van der Waals surface area (Å²) in [5.74, 6) is 1.64. The summed E-state index contributed by atoms with van der Waals surface area (Å²) in [4.78, 5) is 13.4. The normalized spacial score (nSPS) is 15.0. The lowest BCUT2D eigenvalue weighted by atomic mass is 9.96. The van der Waals surface area contributed by atoms with E-state index in [2.05, 4.69) is 25.6 Å². The van der Waals surface area contributed by atoms with E-state index in [0.717, 1.165) is 54.2 Å². The van der Waals surface area contributed by atoms with Gasteiger partial charge in [-0.15, -0.1) is 0 Å². The fraction of sp³-hybridized carbons (Fsp3) is 0.227. The Hall–Kier alpha value is -3.25. The standard InChI is InChI=1S/C22H20N4O2/c1-2-4-20-19(3-1)25-15-26(20)17-5-7-18(8-6-17)28-22-21(23-11-12-24-22)16-9-13-27-14-10-16/h1-8,11-12,15-16H,9-10,13-14H2. The number of para-hydroxylation sites is 2. The summed E-state index contributed by atoms with van der Waals surface area (Å²) in [6.45, 7) is 1.52. The zero-order chi connectivity index (χ0) is 18.8. The number of hydrogen-bond acceptors (Lipinski definition) is 5. The second kappa shape index (κ2) is 7.40. The minimum absolute atomic E-state index is 0.328. The summed E-state index contributed by atoms with van der Waals surface area (Å²) in [6.07, 6.45) is 7.13.